The van der Waals surface area contributed by atoms with Gasteiger partial charge in [0.05, 0.1) is 13.0 Å². The van der Waals surface area contributed by atoms with Gasteiger partial charge in [-0.25, -0.2) is 0 Å². The largest absolute Gasteiger partial charge is 0.497 e. The van der Waals surface area contributed by atoms with Crippen LogP contribution in [0.3, 0.4) is 0 Å². The molecule has 0 unspecified atom stereocenters. The molecular formula is C23H23NO4. The second-order valence-electron chi connectivity index (χ2n) is 7.34. The topological polar surface area (TPSA) is 64.6 Å². The first kappa shape index (κ1) is 18.3. The molecule has 1 saturated carbocycles. The molecule has 0 saturated heterocycles. The van der Waals surface area contributed by atoms with Crippen LogP contribution in [0.5, 0.6) is 5.75 Å². The number of methoxy groups -OCH3 is 1. The summed E-state index contributed by atoms with van der Waals surface area (Å²) in [7, 11) is 1.57. The molecule has 0 aliphatic heterocycles. The van der Waals surface area contributed by atoms with E-state index >= 15 is 0 Å². The number of carbonyl (C=O) groups is 2. The van der Waals surface area contributed by atoms with Gasteiger partial charge < -0.3 is 14.8 Å². The van der Waals surface area contributed by atoms with Gasteiger partial charge in [-0.2, -0.15) is 0 Å². The number of hydrogen-bond donors (Lipinski definition) is 1. The minimum absolute atomic E-state index is 0.161. The normalized spacial score (nSPS) is 23.2. The molecule has 28 heavy (non-hydrogen) atoms. The summed E-state index contributed by atoms with van der Waals surface area (Å²) in [5, 5.41) is 2.83. The summed E-state index contributed by atoms with van der Waals surface area (Å²) in [4.78, 5) is 25.8. The molecule has 0 spiro atoms. The Balaban J connectivity index is 1.52. The van der Waals surface area contributed by atoms with Crippen LogP contribution >= 0.6 is 0 Å². The van der Waals surface area contributed by atoms with Crippen LogP contribution < -0.4 is 10.1 Å². The van der Waals surface area contributed by atoms with E-state index in [4.69, 9.17) is 9.47 Å². The lowest BCUT2D eigenvalue weighted by molar-refractivity contribution is -0.159. The van der Waals surface area contributed by atoms with Gasteiger partial charge in [-0.15, -0.1) is 0 Å². The van der Waals surface area contributed by atoms with Gasteiger partial charge in [-0.05, 0) is 36.8 Å². The third-order valence-corrected chi connectivity index (χ3v) is 5.49. The van der Waals surface area contributed by atoms with E-state index in [1.54, 1.807) is 43.5 Å². The van der Waals surface area contributed by atoms with Gasteiger partial charge in [0.15, 0.2) is 0 Å². The van der Waals surface area contributed by atoms with Gasteiger partial charge in [0, 0.05) is 17.3 Å². The third-order valence-electron chi connectivity index (χ3n) is 5.49. The standard InChI is InChI=1S/C23H23NO4/c1-27-19-9-5-8-18(14-19)24-22(25)21(16-6-3-2-4-7-16)28-23(26)20-13-15-10-11-17(20)12-15/h2-11,14-15,17,20-21H,12-13H2,1H3,(H,24,25)/t15-,17+,20+,21+/m0/s1. The molecule has 5 nitrogen and oxygen atoms in total. The van der Waals surface area contributed by atoms with Crippen molar-refractivity contribution in [1.82, 2.24) is 0 Å². The Hall–Kier alpha value is -3.08. The number of ether oxygens (including phenoxy) is 2. The minimum atomic E-state index is -0.997. The molecule has 4 rings (SSSR count). The maximum atomic E-state index is 13.0. The van der Waals surface area contributed by atoms with E-state index in [0.29, 0.717) is 22.9 Å². The van der Waals surface area contributed by atoms with E-state index in [1.165, 1.54) is 0 Å². The van der Waals surface area contributed by atoms with Crippen molar-refractivity contribution in [3.63, 3.8) is 0 Å². The Morgan fingerprint density at radius 1 is 1.04 bits per heavy atom. The van der Waals surface area contributed by atoms with Gasteiger partial charge in [0.2, 0.25) is 6.10 Å². The van der Waals surface area contributed by atoms with Crippen LogP contribution in [-0.4, -0.2) is 19.0 Å². The Morgan fingerprint density at radius 3 is 2.54 bits per heavy atom. The van der Waals surface area contributed by atoms with Gasteiger partial charge in [-0.3, -0.25) is 9.59 Å². The number of esters is 1. The van der Waals surface area contributed by atoms with E-state index in [9.17, 15) is 9.59 Å². The molecule has 0 heterocycles. The molecule has 144 valence electrons. The van der Waals surface area contributed by atoms with E-state index in [-0.39, 0.29) is 23.7 Å². The molecule has 2 aromatic carbocycles. The number of hydrogen-bond acceptors (Lipinski definition) is 4. The van der Waals surface area contributed by atoms with Crippen molar-refractivity contribution in [2.75, 3.05) is 12.4 Å². The molecule has 1 N–H and O–H groups in total. The van der Waals surface area contributed by atoms with E-state index in [2.05, 4.69) is 17.5 Å². The molecule has 5 heteroatoms. The summed E-state index contributed by atoms with van der Waals surface area (Å²) in [6.07, 6.45) is 5.10. The molecule has 2 bridgehead atoms. The van der Waals surface area contributed by atoms with Crippen molar-refractivity contribution in [3.05, 3.63) is 72.3 Å². The molecule has 2 aliphatic carbocycles. The van der Waals surface area contributed by atoms with E-state index in [0.717, 1.165) is 12.8 Å². The number of amides is 1. The summed E-state index contributed by atoms with van der Waals surface area (Å²) in [5.74, 6) is 0.488. The Labute approximate surface area is 164 Å². The molecule has 4 atom stereocenters. The fourth-order valence-corrected chi connectivity index (χ4v) is 4.06. The zero-order valence-electron chi connectivity index (χ0n) is 15.7. The molecule has 0 radical (unpaired) electrons. The highest BCUT2D eigenvalue weighted by Gasteiger charge is 2.42. The Kier molecular flexibility index (Phi) is 5.15. The molecule has 1 fully saturated rings. The van der Waals surface area contributed by atoms with Crippen molar-refractivity contribution in [1.29, 1.82) is 0 Å². The summed E-state index contributed by atoms with van der Waals surface area (Å²) < 4.78 is 10.9. The maximum absolute atomic E-state index is 13.0. The van der Waals surface area contributed by atoms with Gasteiger partial charge in [0.25, 0.3) is 5.91 Å². The lowest BCUT2D eigenvalue weighted by Crippen LogP contribution is -2.30. The van der Waals surface area contributed by atoms with Gasteiger partial charge in [-0.1, -0.05) is 48.6 Å². The summed E-state index contributed by atoms with van der Waals surface area (Å²) in [5.41, 5.74) is 1.24. The number of fused-ring (bicyclic) bond motifs is 2. The fourth-order valence-electron chi connectivity index (χ4n) is 4.06. The van der Waals surface area contributed by atoms with Crippen LogP contribution in [0.4, 0.5) is 5.69 Å². The number of benzene rings is 2. The SMILES string of the molecule is COc1cccc(NC(=O)[C@H](OC(=O)[C@@H]2C[C@H]3C=C[C@@H]2C3)c2ccccc2)c1. The average molecular weight is 377 g/mol. The quantitative estimate of drug-likeness (QED) is 0.607. The van der Waals surface area contributed by atoms with Gasteiger partial charge >= 0.3 is 5.97 Å². The third kappa shape index (κ3) is 3.79. The molecule has 1 amide bonds. The second kappa shape index (κ2) is 7.89. The maximum Gasteiger partial charge on any atom is 0.310 e. The average Bonchev–Trinajstić information content (AvgIpc) is 3.36. The van der Waals surface area contributed by atoms with Gasteiger partial charge in [0.1, 0.15) is 5.75 Å². The monoisotopic (exact) mass is 377 g/mol. The lowest BCUT2D eigenvalue weighted by atomic mass is 9.93. The first-order valence-electron chi connectivity index (χ1n) is 9.52. The van der Waals surface area contributed by atoms with Crippen LogP contribution in [0.2, 0.25) is 0 Å². The molecule has 0 aromatic heterocycles. The van der Waals surface area contributed by atoms with Crippen LogP contribution in [0, 0.1) is 17.8 Å². The highest BCUT2D eigenvalue weighted by molar-refractivity contribution is 5.96. The molecule has 2 aliphatic rings. The predicted octanol–water partition coefficient (Wildman–Crippen LogP) is 4.13. The van der Waals surface area contributed by atoms with Crippen LogP contribution in [-0.2, 0) is 14.3 Å². The number of anilines is 1. The number of nitrogens with one attached hydrogen (secondary N) is 1. The van der Waals surface area contributed by atoms with Crippen molar-refractivity contribution in [2.45, 2.75) is 18.9 Å². The first-order chi connectivity index (χ1) is 13.6. The van der Waals surface area contributed by atoms with Crippen molar-refractivity contribution in [2.24, 2.45) is 17.8 Å². The van der Waals surface area contributed by atoms with E-state index in [1.807, 2.05) is 18.2 Å². The zero-order valence-corrected chi connectivity index (χ0v) is 15.7. The van der Waals surface area contributed by atoms with Crippen LogP contribution in [0.1, 0.15) is 24.5 Å². The van der Waals surface area contributed by atoms with Crippen molar-refractivity contribution in [3.8, 4) is 5.75 Å². The summed E-state index contributed by atoms with van der Waals surface area (Å²) >= 11 is 0. The molecular weight excluding hydrogens is 354 g/mol. The smallest absolute Gasteiger partial charge is 0.310 e. The van der Waals surface area contributed by atoms with Crippen LogP contribution in [0.25, 0.3) is 0 Å². The number of allylic oxidation sites excluding steroid dienone is 2. The second-order valence-corrected chi connectivity index (χ2v) is 7.34. The Bertz CT molecular complexity index is 892. The predicted molar refractivity (Wildman–Crippen MR) is 106 cm³/mol. The number of carbonyl (C=O) groups excluding carboxylic acids is 2. The first-order valence-corrected chi connectivity index (χ1v) is 9.52. The summed E-state index contributed by atoms with van der Waals surface area (Å²) in [6, 6.07) is 16.2. The Morgan fingerprint density at radius 2 is 1.86 bits per heavy atom. The summed E-state index contributed by atoms with van der Waals surface area (Å²) in [6.45, 7) is 0. The van der Waals surface area contributed by atoms with E-state index < -0.39 is 6.10 Å². The molecule has 2 aromatic rings. The van der Waals surface area contributed by atoms with Crippen molar-refractivity contribution < 1.29 is 19.1 Å². The fraction of sp³-hybridized carbons (Fsp3) is 0.304. The highest BCUT2D eigenvalue weighted by atomic mass is 16.5. The lowest BCUT2D eigenvalue weighted by Gasteiger charge is -2.22. The minimum Gasteiger partial charge on any atom is -0.497 e. The van der Waals surface area contributed by atoms with Crippen LogP contribution in [0.15, 0.2) is 66.7 Å². The highest BCUT2D eigenvalue weighted by Crippen LogP contribution is 2.44. The number of rotatable bonds is 6. The zero-order chi connectivity index (χ0) is 19.5. The van der Waals surface area contributed by atoms with Crippen molar-refractivity contribution >= 4 is 17.6 Å².